The predicted molar refractivity (Wildman–Crippen MR) is 94.7 cm³/mol. The minimum absolute atomic E-state index is 0.0161. The second-order valence-electron chi connectivity index (χ2n) is 4.78. The van der Waals surface area contributed by atoms with Crippen LogP contribution in [0.25, 0.3) is 0 Å². The Morgan fingerprint density at radius 1 is 1.14 bits per heavy atom. The van der Waals surface area contributed by atoms with Crippen LogP contribution in [0.3, 0.4) is 0 Å². The van der Waals surface area contributed by atoms with E-state index < -0.39 is 0 Å². The molecule has 0 fully saturated rings. The van der Waals surface area contributed by atoms with Crippen molar-refractivity contribution in [3.8, 4) is 0 Å². The summed E-state index contributed by atoms with van der Waals surface area (Å²) in [6.07, 6.45) is 0.752. The molecule has 0 aliphatic heterocycles. The van der Waals surface area contributed by atoms with Gasteiger partial charge in [-0.15, -0.1) is 11.8 Å². The van der Waals surface area contributed by atoms with Gasteiger partial charge in [-0.2, -0.15) is 0 Å². The highest BCUT2D eigenvalue weighted by atomic mass is 35.5. The van der Waals surface area contributed by atoms with Crippen LogP contribution >= 0.6 is 35.0 Å². The zero-order valence-corrected chi connectivity index (χ0v) is 14.5. The molecule has 0 saturated carbocycles. The van der Waals surface area contributed by atoms with Crippen LogP contribution in [0.15, 0.2) is 53.4 Å². The quantitative estimate of drug-likeness (QED) is 0.724. The van der Waals surface area contributed by atoms with Crippen molar-refractivity contribution in [1.29, 1.82) is 0 Å². The lowest BCUT2D eigenvalue weighted by atomic mass is 10.2. The molecule has 0 heterocycles. The molecule has 1 N–H and O–H groups in total. The molecule has 0 spiro atoms. The van der Waals surface area contributed by atoms with Gasteiger partial charge in [0, 0.05) is 21.5 Å². The summed E-state index contributed by atoms with van der Waals surface area (Å²) in [6, 6.07) is 15.0. The molecule has 2 rings (SSSR count). The smallest absolute Gasteiger partial charge is 0.233 e. The van der Waals surface area contributed by atoms with Crippen LogP contribution < -0.4 is 5.32 Å². The van der Waals surface area contributed by atoms with Gasteiger partial charge in [-0.05, 0) is 42.3 Å². The van der Waals surface area contributed by atoms with E-state index in [4.69, 9.17) is 23.2 Å². The molecule has 1 atom stereocenters. The molecule has 0 aliphatic carbocycles. The Morgan fingerprint density at radius 2 is 1.82 bits per heavy atom. The molecule has 0 aromatic heterocycles. The number of amides is 1. The largest absolute Gasteiger partial charge is 0.351 e. The topological polar surface area (TPSA) is 29.1 Å². The number of nitrogens with one attached hydrogen (secondary N) is 1. The van der Waals surface area contributed by atoms with E-state index in [1.165, 1.54) is 0 Å². The summed E-state index contributed by atoms with van der Waals surface area (Å²) in [5, 5.41) is 4.18. The van der Waals surface area contributed by atoms with Crippen LogP contribution in [0.4, 0.5) is 0 Å². The zero-order chi connectivity index (χ0) is 15.9. The van der Waals surface area contributed by atoms with E-state index >= 15 is 0 Å². The minimum atomic E-state index is -0.135. The molecule has 5 heteroatoms. The fourth-order valence-corrected chi connectivity index (χ4v) is 3.24. The van der Waals surface area contributed by atoms with Crippen molar-refractivity contribution < 1.29 is 4.79 Å². The Kier molecular flexibility index (Phi) is 6.62. The standard InChI is InChI=1S/C17H17Cl2NOS/c1-2-16(22-14-9-7-13(18)8-10-14)17(21)20-11-12-5-3-4-6-15(12)19/h3-10,16H,2,11H2,1H3,(H,20,21)/t16-/m0/s1. The van der Waals surface area contributed by atoms with Crippen molar-refractivity contribution in [1.82, 2.24) is 5.32 Å². The highest BCUT2D eigenvalue weighted by Gasteiger charge is 2.17. The zero-order valence-electron chi connectivity index (χ0n) is 12.2. The van der Waals surface area contributed by atoms with Gasteiger partial charge in [0.05, 0.1) is 5.25 Å². The molecule has 0 saturated heterocycles. The summed E-state index contributed by atoms with van der Waals surface area (Å²) >= 11 is 13.5. The number of carbonyl (C=O) groups excluding carboxylic acids is 1. The maximum Gasteiger partial charge on any atom is 0.233 e. The third-order valence-corrected chi connectivity index (χ3v) is 5.16. The SMILES string of the molecule is CC[C@H](Sc1ccc(Cl)cc1)C(=O)NCc1ccccc1Cl. The third kappa shape index (κ3) is 4.94. The van der Waals surface area contributed by atoms with Crippen LogP contribution in [0.1, 0.15) is 18.9 Å². The van der Waals surface area contributed by atoms with Gasteiger partial charge in [0.1, 0.15) is 0 Å². The summed E-state index contributed by atoms with van der Waals surface area (Å²) in [7, 11) is 0. The van der Waals surface area contributed by atoms with E-state index in [-0.39, 0.29) is 11.2 Å². The van der Waals surface area contributed by atoms with Crippen molar-refractivity contribution in [3.05, 3.63) is 64.1 Å². The molecule has 2 aromatic carbocycles. The average molecular weight is 354 g/mol. The summed E-state index contributed by atoms with van der Waals surface area (Å²) in [5.41, 5.74) is 0.920. The lowest BCUT2D eigenvalue weighted by molar-refractivity contribution is -0.120. The van der Waals surface area contributed by atoms with Crippen molar-refractivity contribution in [3.63, 3.8) is 0 Å². The first-order valence-corrected chi connectivity index (χ1v) is 8.67. The van der Waals surface area contributed by atoms with Crippen molar-refractivity contribution in [2.24, 2.45) is 0 Å². The van der Waals surface area contributed by atoms with Gasteiger partial charge >= 0.3 is 0 Å². The van der Waals surface area contributed by atoms with Crippen molar-refractivity contribution in [2.75, 3.05) is 0 Å². The molecule has 22 heavy (non-hydrogen) atoms. The second kappa shape index (κ2) is 8.47. The second-order valence-corrected chi connectivity index (χ2v) is 6.90. The van der Waals surface area contributed by atoms with E-state index in [2.05, 4.69) is 5.32 Å². The van der Waals surface area contributed by atoms with Crippen LogP contribution in [0.2, 0.25) is 10.0 Å². The highest BCUT2D eigenvalue weighted by Crippen LogP contribution is 2.27. The van der Waals surface area contributed by atoms with E-state index in [1.54, 1.807) is 11.8 Å². The monoisotopic (exact) mass is 353 g/mol. The molecule has 1 amide bonds. The average Bonchev–Trinajstić information content (AvgIpc) is 2.53. The van der Waals surface area contributed by atoms with E-state index in [9.17, 15) is 4.79 Å². The van der Waals surface area contributed by atoms with E-state index in [0.29, 0.717) is 16.6 Å². The predicted octanol–water partition coefficient (Wildman–Crippen LogP) is 5.18. The van der Waals surface area contributed by atoms with Gasteiger partial charge in [0.2, 0.25) is 5.91 Å². The molecular formula is C17H17Cl2NOS. The molecule has 0 aliphatic rings. The van der Waals surface area contributed by atoms with Crippen molar-refractivity contribution in [2.45, 2.75) is 30.0 Å². The number of halogens is 2. The molecule has 0 radical (unpaired) electrons. The number of hydrogen-bond donors (Lipinski definition) is 1. The summed E-state index contributed by atoms with van der Waals surface area (Å²) in [6.45, 7) is 2.44. The molecule has 2 nitrogen and oxygen atoms in total. The number of benzene rings is 2. The highest BCUT2D eigenvalue weighted by molar-refractivity contribution is 8.00. The fraction of sp³-hybridized carbons (Fsp3) is 0.235. The van der Waals surface area contributed by atoms with Gasteiger partial charge < -0.3 is 5.32 Å². The number of thioether (sulfide) groups is 1. The van der Waals surface area contributed by atoms with Crippen LogP contribution in [-0.4, -0.2) is 11.2 Å². The lowest BCUT2D eigenvalue weighted by Crippen LogP contribution is -2.31. The Morgan fingerprint density at radius 3 is 2.45 bits per heavy atom. The Labute approximate surface area is 145 Å². The third-order valence-electron chi connectivity index (χ3n) is 3.17. The first kappa shape index (κ1) is 17.2. The first-order chi connectivity index (χ1) is 10.6. The Bertz CT molecular complexity index is 631. The van der Waals surface area contributed by atoms with Crippen LogP contribution in [0, 0.1) is 0 Å². The van der Waals surface area contributed by atoms with Gasteiger partial charge in [-0.25, -0.2) is 0 Å². The summed E-state index contributed by atoms with van der Waals surface area (Å²) in [4.78, 5) is 13.4. The first-order valence-electron chi connectivity index (χ1n) is 7.03. The number of carbonyl (C=O) groups is 1. The Hall–Kier alpha value is -1.16. The summed E-state index contributed by atoms with van der Waals surface area (Å²) < 4.78 is 0. The van der Waals surface area contributed by atoms with Crippen LogP contribution in [-0.2, 0) is 11.3 Å². The molecule has 0 unspecified atom stereocenters. The Balaban J connectivity index is 1.94. The van der Waals surface area contributed by atoms with Gasteiger partial charge in [0.15, 0.2) is 0 Å². The molecule has 0 bridgehead atoms. The van der Waals surface area contributed by atoms with E-state index in [0.717, 1.165) is 16.9 Å². The molecule has 2 aromatic rings. The fourth-order valence-electron chi connectivity index (χ4n) is 1.94. The molecule has 116 valence electrons. The molecular weight excluding hydrogens is 337 g/mol. The van der Waals surface area contributed by atoms with E-state index in [1.807, 2.05) is 55.5 Å². The van der Waals surface area contributed by atoms with Crippen molar-refractivity contribution >= 4 is 40.9 Å². The van der Waals surface area contributed by atoms with Gasteiger partial charge in [-0.3, -0.25) is 4.79 Å². The van der Waals surface area contributed by atoms with Gasteiger partial charge in [0.25, 0.3) is 0 Å². The number of rotatable bonds is 6. The van der Waals surface area contributed by atoms with Gasteiger partial charge in [-0.1, -0.05) is 48.3 Å². The van der Waals surface area contributed by atoms with Crippen LogP contribution in [0.5, 0.6) is 0 Å². The number of hydrogen-bond acceptors (Lipinski definition) is 2. The normalized spacial score (nSPS) is 12.0. The maximum atomic E-state index is 12.3. The minimum Gasteiger partial charge on any atom is -0.351 e. The lowest BCUT2D eigenvalue weighted by Gasteiger charge is -2.15. The summed E-state index contributed by atoms with van der Waals surface area (Å²) in [5.74, 6) is 0.0161. The maximum absolute atomic E-state index is 12.3.